The fourth-order valence-corrected chi connectivity index (χ4v) is 2.51. The largest absolute Gasteiger partial charge is 0.446 e. The van der Waals surface area contributed by atoms with Gasteiger partial charge in [-0.1, -0.05) is 0 Å². The molecule has 0 unspecified atom stereocenters. The van der Waals surface area contributed by atoms with Crippen LogP contribution in [-0.4, -0.2) is 16.5 Å². The molecule has 0 radical (unpaired) electrons. The van der Waals surface area contributed by atoms with E-state index in [-0.39, 0.29) is 23.2 Å². The number of hydrogen-bond acceptors (Lipinski definition) is 4. The number of nitrogens with zero attached hydrogens (tertiary/aromatic N) is 1. The highest BCUT2D eigenvalue weighted by Gasteiger charge is 2.28. The smallest absolute Gasteiger partial charge is 0.332 e. The summed E-state index contributed by atoms with van der Waals surface area (Å²) in [5.41, 5.74) is -1.50. The van der Waals surface area contributed by atoms with E-state index in [9.17, 15) is 18.0 Å². The molecule has 21 heavy (non-hydrogen) atoms. The van der Waals surface area contributed by atoms with Crippen molar-refractivity contribution in [1.82, 2.24) is 10.3 Å². The summed E-state index contributed by atoms with van der Waals surface area (Å²) in [6.07, 6.45) is 0. The zero-order valence-electron chi connectivity index (χ0n) is 10.5. The Hall–Kier alpha value is -1.74. The third kappa shape index (κ3) is 5.64. The first kappa shape index (κ1) is 15.6. The number of thiazole rings is 1. The van der Waals surface area contributed by atoms with Gasteiger partial charge < -0.3 is 10.6 Å². The fourth-order valence-electron chi connectivity index (χ4n) is 1.41. The lowest BCUT2D eigenvalue weighted by Gasteiger charge is -2.08. The number of urea groups is 1. The maximum atomic E-state index is 12.2. The van der Waals surface area contributed by atoms with E-state index in [4.69, 9.17) is 0 Å². The average molecular weight is 333 g/mol. The third-order valence-electron chi connectivity index (χ3n) is 2.26. The first-order chi connectivity index (χ1) is 9.92. The first-order valence-corrected chi connectivity index (χ1v) is 7.46. The summed E-state index contributed by atoms with van der Waals surface area (Å²) in [5, 5.41) is 6.93. The van der Waals surface area contributed by atoms with Gasteiger partial charge in [-0.25, -0.2) is 9.78 Å². The van der Waals surface area contributed by atoms with E-state index in [1.807, 2.05) is 5.38 Å². The molecule has 2 rings (SSSR count). The lowest BCUT2D eigenvalue weighted by atomic mass is 10.3. The third-order valence-corrected chi connectivity index (χ3v) is 3.63. The topological polar surface area (TPSA) is 54.0 Å². The van der Waals surface area contributed by atoms with Crippen molar-refractivity contribution in [2.24, 2.45) is 0 Å². The SMILES string of the molecule is O=C(NCc1cscn1)Nc1ccc(SC(F)(F)F)cc1. The molecule has 0 saturated carbocycles. The maximum absolute atomic E-state index is 12.2. The van der Waals surface area contributed by atoms with Gasteiger partial charge in [0.05, 0.1) is 17.7 Å². The number of nitrogens with one attached hydrogen (secondary N) is 2. The van der Waals surface area contributed by atoms with E-state index in [1.165, 1.54) is 35.6 Å². The highest BCUT2D eigenvalue weighted by molar-refractivity contribution is 8.00. The van der Waals surface area contributed by atoms with Crippen molar-refractivity contribution in [3.63, 3.8) is 0 Å². The Balaban J connectivity index is 1.83. The van der Waals surface area contributed by atoms with Crippen LogP contribution in [0.2, 0.25) is 0 Å². The predicted octanol–water partition coefficient (Wildman–Crippen LogP) is 4.08. The summed E-state index contributed by atoms with van der Waals surface area (Å²) in [7, 11) is 0. The van der Waals surface area contributed by atoms with Crippen molar-refractivity contribution in [3.05, 3.63) is 40.8 Å². The van der Waals surface area contributed by atoms with Gasteiger partial charge >= 0.3 is 11.5 Å². The number of hydrogen-bond donors (Lipinski definition) is 2. The lowest BCUT2D eigenvalue weighted by molar-refractivity contribution is -0.0328. The molecule has 2 amide bonds. The van der Waals surface area contributed by atoms with Crippen molar-refractivity contribution in [3.8, 4) is 0 Å². The number of thioether (sulfide) groups is 1. The van der Waals surface area contributed by atoms with Crippen LogP contribution in [0.25, 0.3) is 0 Å². The molecule has 1 aromatic heterocycles. The summed E-state index contributed by atoms with van der Waals surface area (Å²) in [6.45, 7) is 0.289. The van der Waals surface area contributed by atoms with E-state index < -0.39 is 11.5 Å². The van der Waals surface area contributed by atoms with E-state index in [0.29, 0.717) is 5.69 Å². The Kier molecular flexibility index (Phi) is 5.07. The molecule has 0 bridgehead atoms. The van der Waals surface area contributed by atoms with Crippen LogP contribution in [0.15, 0.2) is 40.1 Å². The molecule has 0 spiro atoms. The van der Waals surface area contributed by atoms with Gasteiger partial charge in [-0.3, -0.25) is 0 Å². The fraction of sp³-hybridized carbons (Fsp3) is 0.167. The van der Waals surface area contributed by atoms with Crippen LogP contribution < -0.4 is 10.6 Å². The van der Waals surface area contributed by atoms with Crippen LogP contribution in [0.4, 0.5) is 23.7 Å². The van der Waals surface area contributed by atoms with Gasteiger partial charge in [-0.15, -0.1) is 11.3 Å². The Labute approximate surface area is 126 Å². The van der Waals surface area contributed by atoms with Crippen LogP contribution in [0.5, 0.6) is 0 Å². The second-order valence-electron chi connectivity index (χ2n) is 3.86. The zero-order chi connectivity index (χ0) is 15.3. The highest BCUT2D eigenvalue weighted by Crippen LogP contribution is 2.36. The molecular formula is C12H10F3N3OS2. The lowest BCUT2D eigenvalue weighted by Crippen LogP contribution is -2.28. The standard InChI is InChI=1S/C12H10F3N3OS2/c13-12(14,15)21-10-3-1-8(2-4-10)18-11(19)16-5-9-6-20-7-17-9/h1-4,6-7H,5H2,(H2,16,18,19). The quantitative estimate of drug-likeness (QED) is 0.829. The van der Waals surface area contributed by atoms with Gasteiger partial charge in [0.15, 0.2) is 0 Å². The second-order valence-corrected chi connectivity index (χ2v) is 5.72. The molecule has 0 fully saturated rings. The monoisotopic (exact) mass is 333 g/mol. The summed E-state index contributed by atoms with van der Waals surface area (Å²) >= 11 is 1.23. The average Bonchev–Trinajstić information content (AvgIpc) is 2.90. The molecule has 0 aliphatic heterocycles. The summed E-state index contributed by atoms with van der Waals surface area (Å²) in [4.78, 5) is 15.7. The number of rotatable bonds is 4. The highest BCUT2D eigenvalue weighted by atomic mass is 32.2. The predicted molar refractivity (Wildman–Crippen MR) is 76.3 cm³/mol. The molecule has 0 atom stereocenters. The normalized spacial score (nSPS) is 11.2. The number of benzene rings is 1. The number of carbonyl (C=O) groups is 1. The molecule has 0 aliphatic rings. The van der Waals surface area contributed by atoms with Crippen molar-refractivity contribution >= 4 is 34.8 Å². The molecule has 1 heterocycles. The molecule has 112 valence electrons. The molecule has 2 N–H and O–H groups in total. The van der Waals surface area contributed by atoms with Crippen LogP contribution in [-0.2, 0) is 6.54 Å². The Morgan fingerprint density at radius 2 is 2.00 bits per heavy atom. The maximum Gasteiger partial charge on any atom is 0.446 e. The molecule has 2 aromatic rings. The van der Waals surface area contributed by atoms with Crippen LogP contribution in [0.3, 0.4) is 0 Å². The second kappa shape index (κ2) is 6.81. The number of halogens is 3. The van der Waals surface area contributed by atoms with Crippen molar-refractivity contribution in [2.45, 2.75) is 16.9 Å². The molecule has 4 nitrogen and oxygen atoms in total. The molecule has 9 heteroatoms. The van der Waals surface area contributed by atoms with Gasteiger partial charge in [0.25, 0.3) is 0 Å². The van der Waals surface area contributed by atoms with Gasteiger partial charge in [0, 0.05) is 16.0 Å². The van der Waals surface area contributed by atoms with Gasteiger partial charge in [-0.05, 0) is 36.0 Å². The van der Waals surface area contributed by atoms with Gasteiger partial charge in [0.2, 0.25) is 0 Å². The van der Waals surface area contributed by atoms with Crippen LogP contribution in [0.1, 0.15) is 5.69 Å². The zero-order valence-corrected chi connectivity index (χ0v) is 12.1. The van der Waals surface area contributed by atoms with E-state index in [0.717, 1.165) is 5.69 Å². The Morgan fingerprint density at radius 3 is 2.57 bits per heavy atom. The summed E-state index contributed by atoms with van der Waals surface area (Å²) in [5.74, 6) is 0. The minimum absolute atomic E-state index is 0.0657. The van der Waals surface area contributed by atoms with Crippen molar-refractivity contribution < 1.29 is 18.0 Å². The summed E-state index contributed by atoms with van der Waals surface area (Å²) < 4.78 is 36.5. The number of aromatic nitrogens is 1. The van der Waals surface area contributed by atoms with Gasteiger partial charge in [-0.2, -0.15) is 13.2 Å². The molecular weight excluding hydrogens is 323 g/mol. The van der Waals surface area contributed by atoms with Crippen LogP contribution in [0, 0.1) is 0 Å². The first-order valence-electron chi connectivity index (χ1n) is 5.70. The number of alkyl halides is 3. The number of amides is 2. The minimum atomic E-state index is -4.32. The van der Waals surface area contributed by atoms with Crippen LogP contribution >= 0.6 is 23.1 Å². The number of carbonyl (C=O) groups excluding carboxylic acids is 1. The molecule has 0 aliphatic carbocycles. The summed E-state index contributed by atoms with van der Waals surface area (Å²) in [6, 6.07) is 4.98. The van der Waals surface area contributed by atoms with E-state index in [1.54, 1.807) is 5.51 Å². The van der Waals surface area contributed by atoms with E-state index >= 15 is 0 Å². The molecule has 0 saturated heterocycles. The minimum Gasteiger partial charge on any atom is -0.332 e. The van der Waals surface area contributed by atoms with E-state index in [2.05, 4.69) is 15.6 Å². The molecule has 1 aromatic carbocycles. The Morgan fingerprint density at radius 1 is 1.29 bits per heavy atom. The Bertz CT molecular complexity index is 585. The van der Waals surface area contributed by atoms with Crippen molar-refractivity contribution in [2.75, 3.05) is 5.32 Å². The van der Waals surface area contributed by atoms with Gasteiger partial charge in [0.1, 0.15) is 0 Å². The number of anilines is 1. The van der Waals surface area contributed by atoms with Crippen molar-refractivity contribution in [1.29, 1.82) is 0 Å².